The van der Waals surface area contributed by atoms with E-state index in [1.807, 2.05) is 56.3 Å². The van der Waals surface area contributed by atoms with Crippen molar-refractivity contribution >= 4 is 27.5 Å². The highest BCUT2D eigenvalue weighted by atomic mass is 32.2. The summed E-state index contributed by atoms with van der Waals surface area (Å²) in [7, 11) is -1.97. The second kappa shape index (κ2) is 11.1. The molecule has 0 aromatic heterocycles. The fraction of sp³-hybridized carbons (Fsp3) is 0.417. The minimum absolute atomic E-state index is 0.130. The second-order valence-electron chi connectivity index (χ2n) is 7.96. The van der Waals surface area contributed by atoms with Gasteiger partial charge in [-0.05, 0) is 49.9 Å². The highest BCUT2D eigenvalue weighted by Gasteiger charge is 2.26. The van der Waals surface area contributed by atoms with Gasteiger partial charge in [0.05, 0.1) is 11.9 Å². The number of amides is 2. The largest absolute Gasteiger partial charge is 0.357 e. The van der Waals surface area contributed by atoms with Crippen LogP contribution in [0, 0.1) is 13.8 Å². The van der Waals surface area contributed by atoms with Gasteiger partial charge in [-0.3, -0.25) is 13.9 Å². The molecule has 0 bridgehead atoms. The van der Waals surface area contributed by atoms with Gasteiger partial charge in [-0.1, -0.05) is 42.5 Å². The van der Waals surface area contributed by atoms with E-state index in [1.54, 1.807) is 13.0 Å². The van der Waals surface area contributed by atoms with Gasteiger partial charge in [0, 0.05) is 26.6 Å². The van der Waals surface area contributed by atoms with Gasteiger partial charge in [-0.2, -0.15) is 0 Å². The van der Waals surface area contributed by atoms with Gasteiger partial charge in [0.2, 0.25) is 21.8 Å². The van der Waals surface area contributed by atoms with Crippen LogP contribution in [0.1, 0.15) is 36.5 Å². The molecule has 0 heterocycles. The van der Waals surface area contributed by atoms with Gasteiger partial charge in [0.1, 0.15) is 6.04 Å². The molecule has 7 nitrogen and oxygen atoms in total. The molecule has 2 aromatic carbocycles. The first-order valence-electron chi connectivity index (χ1n) is 10.6. The summed E-state index contributed by atoms with van der Waals surface area (Å²) in [5.74, 6) is -0.443. The number of benzene rings is 2. The van der Waals surface area contributed by atoms with Crippen LogP contribution >= 0.6 is 0 Å². The number of nitrogens with one attached hydrogen (secondary N) is 1. The average molecular weight is 460 g/mol. The molecule has 32 heavy (non-hydrogen) atoms. The number of hydrogen-bond donors (Lipinski definition) is 1. The Morgan fingerprint density at radius 1 is 1.03 bits per heavy atom. The quantitative estimate of drug-likeness (QED) is 0.592. The van der Waals surface area contributed by atoms with Crippen LogP contribution in [0.4, 0.5) is 5.69 Å². The molecule has 1 atom stereocenters. The highest BCUT2D eigenvalue weighted by molar-refractivity contribution is 7.92. The van der Waals surface area contributed by atoms with Gasteiger partial charge < -0.3 is 10.2 Å². The summed E-state index contributed by atoms with van der Waals surface area (Å²) in [5, 5.41) is 2.59. The van der Waals surface area contributed by atoms with Crippen LogP contribution < -0.4 is 9.62 Å². The number of rotatable bonds is 10. The van der Waals surface area contributed by atoms with Crippen molar-refractivity contribution in [3.05, 3.63) is 65.2 Å². The average Bonchev–Trinajstić information content (AvgIpc) is 2.76. The highest BCUT2D eigenvalue weighted by Crippen LogP contribution is 2.25. The second-order valence-corrected chi connectivity index (χ2v) is 9.86. The molecular formula is C24H33N3O4S. The van der Waals surface area contributed by atoms with Crippen LogP contribution in [0.25, 0.3) is 0 Å². The van der Waals surface area contributed by atoms with Crippen LogP contribution in [0.2, 0.25) is 0 Å². The monoisotopic (exact) mass is 459 g/mol. The summed E-state index contributed by atoms with van der Waals surface area (Å²) < 4.78 is 26.3. The van der Waals surface area contributed by atoms with Gasteiger partial charge in [0.15, 0.2) is 0 Å². The van der Waals surface area contributed by atoms with E-state index in [1.165, 1.54) is 22.5 Å². The number of anilines is 1. The molecule has 0 saturated carbocycles. The summed E-state index contributed by atoms with van der Waals surface area (Å²) in [6, 6.07) is 14.4. The van der Waals surface area contributed by atoms with Crippen molar-refractivity contribution in [2.24, 2.45) is 0 Å². The zero-order valence-electron chi connectivity index (χ0n) is 19.5. The molecule has 1 unspecified atom stereocenters. The third kappa shape index (κ3) is 6.56. The Balaban J connectivity index is 2.16. The minimum Gasteiger partial charge on any atom is -0.357 e. The molecule has 2 rings (SSSR count). The predicted octanol–water partition coefficient (Wildman–Crippen LogP) is 3.01. The Kier molecular flexibility index (Phi) is 8.83. The van der Waals surface area contributed by atoms with Crippen molar-refractivity contribution in [3.8, 4) is 0 Å². The third-order valence-electron chi connectivity index (χ3n) is 5.61. The molecule has 0 aliphatic heterocycles. The van der Waals surface area contributed by atoms with E-state index in [4.69, 9.17) is 0 Å². The van der Waals surface area contributed by atoms with Crippen molar-refractivity contribution in [2.75, 3.05) is 24.2 Å². The van der Waals surface area contributed by atoms with Gasteiger partial charge in [0.25, 0.3) is 0 Å². The van der Waals surface area contributed by atoms with Crippen LogP contribution in [0.15, 0.2) is 48.5 Å². The van der Waals surface area contributed by atoms with Crippen LogP contribution in [0.3, 0.4) is 0 Å². The van der Waals surface area contributed by atoms with E-state index in [9.17, 15) is 18.0 Å². The van der Waals surface area contributed by atoms with Gasteiger partial charge >= 0.3 is 0 Å². The smallest absolute Gasteiger partial charge is 0.242 e. The first kappa shape index (κ1) is 25.4. The number of hydrogen-bond acceptors (Lipinski definition) is 4. The zero-order valence-corrected chi connectivity index (χ0v) is 20.3. The normalized spacial score (nSPS) is 12.2. The maximum atomic E-state index is 13.1. The van der Waals surface area contributed by atoms with Crippen molar-refractivity contribution in [2.45, 2.75) is 46.2 Å². The summed E-state index contributed by atoms with van der Waals surface area (Å²) in [4.78, 5) is 26.8. The standard InChI is InChI=1S/C24H33N3O4S/c1-18-11-9-14-22(19(18)2)27(32(5,30)31)16-10-15-23(28)26(20(3)24(29)25-4)17-21-12-7-6-8-13-21/h6-9,11-14,20H,10,15-17H2,1-5H3,(H,25,29). The van der Waals surface area contributed by atoms with Gasteiger partial charge in [-0.25, -0.2) is 8.42 Å². The molecule has 174 valence electrons. The number of aryl methyl sites for hydroxylation is 1. The SMILES string of the molecule is CNC(=O)C(C)N(Cc1ccccc1)C(=O)CCCN(c1cccc(C)c1C)S(C)(=O)=O. The molecule has 0 fully saturated rings. The first-order valence-corrected chi connectivity index (χ1v) is 12.5. The molecule has 2 aromatic rings. The van der Waals surface area contributed by atoms with E-state index in [-0.39, 0.29) is 24.8 Å². The van der Waals surface area contributed by atoms with E-state index < -0.39 is 16.1 Å². The Morgan fingerprint density at radius 2 is 1.69 bits per heavy atom. The molecule has 0 radical (unpaired) electrons. The first-order chi connectivity index (χ1) is 15.1. The minimum atomic E-state index is -3.51. The summed E-state index contributed by atoms with van der Waals surface area (Å²) in [6.07, 6.45) is 1.64. The Bertz CT molecular complexity index is 1040. The maximum absolute atomic E-state index is 13.1. The third-order valence-corrected chi connectivity index (χ3v) is 6.79. The molecule has 8 heteroatoms. The predicted molar refractivity (Wildman–Crippen MR) is 128 cm³/mol. The molecule has 0 saturated heterocycles. The molecule has 1 N–H and O–H groups in total. The molecule has 0 aliphatic carbocycles. The van der Waals surface area contributed by atoms with Crippen LogP contribution in [-0.2, 0) is 26.2 Å². The van der Waals surface area contributed by atoms with Crippen LogP contribution in [-0.4, -0.2) is 51.0 Å². The number of nitrogens with zero attached hydrogens (tertiary/aromatic N) is 2. The lowest BCUT2D eigenvalue weighted by Crippen LogP contribution is -2.46. The van der Waals surface area contributed by atoms with E-state index in [0.717, 1.165) is 16.7 Å². The van der Waals surface area contributed by atoms with Crippen LogP contribution in [0.5, 0.6) is 0 Å². The maximum Gasteiger partial charge on any atom is 0.242 e. The van der Waals surface area contributed by atoms with Gasteiger partial charge in [-0.15, -0.1) is 0 Å². The number of likely N-dealkylation sites (N-methyl/N-ethyl adjacent to an activating group) is 1. The lowest BCUT2D eigenvalue weighted by atomic mass is 10.1. The lowest BCUT2D eigenvalue weighted by Gasteiger charge is -2.29. The summed E-state index contributed by atoms with van der Waals surface area (Å²) >= 11 is 0. The molecule has 2 amide bonds. The van der Waals surface area contributed by atoms with Crippen molar-refractivity contribution in [1.82, 2.24) is 10.2 Å². The zero-order chi connectivity index (χ0) is 23.9. The van der Waals surface area contributed by atoms with E-state index in [2.05, 4.69) is 5.32 Å². The fourth-order valence-corrected chi connectivity index (χ4v) is 4.58. The molecular weight excluding hydrogens is 426 g/mol. The van der Waals surface area contributed by atoms with Crippen molar-refractivity contribution in [3.63, 3.8) is 0 Å². The van der Waals surface area contributed by atoms with E-state index in [0.29, 0.717) is 18.7 Å². The lowest BCUT2D eigenvalue weighted by molar-refractivity contribution is -0.140. The fourth-order valence-electron chi connectivity index (χ4n) is 3.56. The van der Waals surface area contributed by atoms with Crippen molar-refractivity contribution < 1.29 is 18.0 Å². The molecule has 0 spiro atoms. The number of carbonyl (C=O) groups is 2. The Hall–Kier alpha value is -2.87. The Morgan fingerprint density at radius 3 is 2.28 bits per heavy atom. The summed E-state index contributed by atoms with van der Waals surface area (Å²) in [6.45, 7) is 6.01. The molecule has 0 aliphatic rings. The Labute approximate surface area is 191 Å². The summed E-state index contributed by atoms with van der Waals surface area (Å²) in [5.41, 5.74) is 3.44. The van der Waals surface area contributed by atoms with E-state index >= 15 is 0 Å². The number of sulfonamides is 1. The van der Waals surface area contributed by atoms with Crippen molar-refractivity contribution in [1.29, 1.82) is 0 Å². The topological polar surface area (TPSA) is 86.8 Å². The number of carbonyl (C=O) groups excluding carboxylic acids is 2.